The maximum absolute atomic E-state index is 8.56. The molecule has 0 rings (SSSR count). The molecular weight excluding hydrogens is 127 g/mol. The van der Waals surface area contributed by atoms with Gasteiger partial charge in [0.05, 0.1) is 0 Å². The van der Waals surface area contributed by atoms with E-state index in [1.54, 1.807) is 0 Å². The summed E-state index contributed by atoms with van der Waals surface area (Å²) in [6, 6.07) is 0. The zero-order valence-electron chi connectivity index (χ0n) is 4.46. The van der Waals surface area contributed by atoms with Gasteiger partial charge in [0.2, 0.25) is 0 Å². The molecule has 0 aliphatic carbocycles. The van der Waals surface area contributed by atoms with Gasteiger partial charge in [-0.05, 0) is 0 Å². The smallest absolute Gasteiger partial charge is 0.326 e. The zero-order chi connectivity index (χ0) is 6.41. The molecule has 0 heterocycles. The van der Waals surface area contributed by atoms with Crippen molar-refractivity contribution in [2.24, 2.45) is 0 Å². The molecule has 0 aromatic carbocycles. The third kappa shape index (κ3) is 3.82. The van der Waals surface area contributed by atoms with E-state index in [0.29, 0.717) is 6.54 Å². The van der Waals surface area contributed by atoms with Crippen molar-refractivity contribution in [2.45, 2.75) is 6.92 Å². The van der Waals surface area contributed by atoms with Crippen LogP contribution >= 0.6 is 8.53 Å². The monoisotopic (exact) mass is 134 g/mol. The maximum Gasteiger partial charge on any atom is 0.326 e. The molecule has 8 heavy (non-hydrogen) atoms. The minimum absolute atomic E-state index is 0.601. The average molecular weight is 134 g/mol. The first-order valence-electron chi connectivity index (χ1n) is 2.09. The summed E-state index contributed by atoms with van der Waals surface area (Å²) in [4.78, 5) is 8.56. The average Bonchev–Trinajstić information content (AvgIpc) is 1.68. The van der Waals surface area contributed by atoms with E-state index in [1.165, 1.54) is 6.26 Å². The first-order valence-corrected chi connectivity index (χ1v) is 3.31. The number of nitriles is 1. The molecule has 0 aromatic rings. The van der Waals surface area contributed by atoms with Gasteiger partial charge >= 0.3 is 8.53 Å². The van der Waals surface area contributed by atoms with Crippen LogP contribution in [0.25, 0.3) is 0 Å². The van der Waals surface area contributed by atoms with Crippen molar-refractivity contribution >= 4 is 8.53 Å². The lowest BCUT2D eigenvalue weighted by Gasteiger charge is -2.01. The highest BCUT2D eigenvalue weighted by molar-refractivity contribution is 7.44. The second kappa shape index (κ2) is 4.79. The van der Waals surface area contributed by atoms with Gasteiger partial charge in [-0.3, -0.25) is 0 Å². The molecule has 1 atom stereocenters. The largest absolute Gasteiger partial charge is 0.362 e. The highest BCUT2D eigenvalue weighted by atomic mass is 31.2. The first-order chi connectivity index (χ1) is 3.81. The van der Waals surface area contributed by atoms with Gasteiger partial charge in [-0.15, -0.1) is 5.26 Å². The Hall–Kier alpha value is -0.360. The Kier molecular flexibility index (Phi) is 4.58. The van der Waals surface area contributed by atoms with Crippen molar-refractivity contribution in [3.05, 3.63) is 0 Å². The molecular formula is C3H7N2O2P. The second-order valence-electron chi connectivity index (χ2n) is 0.967. The molecule has 0 saturated heterocycles. The predicted molar refractivity (Wildman–Crippen MR) is 29.5 cm³/mol. The van der Waals surface area contributed by atoms with Gasteiger partial charge < -0.3 is 9.42 Å². The Balaban J connectivity index is 3.08. The number of nitrogens with one attached hydrogen (secondary N) is 1. The molecule has 0 radical (unpaired) electrons. The van der Waals surface area contributed by atoms with Gasteiger partial charge in [0.25, 0.3) is 6.26 Å². The van der Waals surface area contributed by atoms with Crippen LogP contribution in [0.4, 0.5) is 0 Å². The fourth-order valence-corrected chi connectivity index (χ4v) is 0.619. The topological polar surface area (TPSA) is 65.3 Å². The quantitative estimate of drug-likeness (QED) is 0.430. The molecule has 0 aliphatic rings. The van der Waals surface area contributed by atoms with Gasteiger partial charge in [-0.25, -0.2) is 5.09 Å². The van der Waals surface area contributed by atoms with Crippen molar-refractivity contribution < 1.29 is 9.42 Å². The number of rotatable bonds is 3. The molecule has 0 amide bonds. The fourth-order valence-electron chi connectivity index (χ4n) is 0.206. The minimum Gasteiger partial charge on any atom is -0.362 e. The minimum atomic E-state index is -1.69. The molecule has 46 valence electrons. The van der Waals surface area contributed by atoms with Crippen molar-refractivity contribution in [1.82, 2.24) is 5.09 Å². The molecule has 2 N–H and O–H groups in total. The third-order valence-corrected chi connectivity index (χ3v) is 1.26. The third-order valence-electron chi connectivity index (χ3n) is 0.421. The van der Waals surface area contributed by atoms with E-state index < -0.39 is 8.53 Å². The van der Waals surface area contributed by atoms with Crippen molar-refractivity contribution in [3.63, 3.8) is 0 Å². The number of nitrogens with zero attached hydrogens (tertiary/aromatic N) is 1. The van der Waals surface area contributed by atoms with Crippen LogP contribution in [-0.4, -0.2) is 11.4 Å². The van der Waals surface area contributed by atoms with E-state index in [-0.39, 0.29) is 0 Å². The van der Waals surface area contributed by atoms with Crippen LogP contribution in [0.2, 0.25) is 0 Å². The lowest BCUT2D eigenvalue weighted by molar-refractivity contribution is 0.442. The Morgan fingerprint density at radius 2 is 2.62 bits per heavy atom. The Bertz CT molecular complexity index is 91.8. The fraction of sp³-hybridized carbons (Fsp3) is 0.667. The predicted octanol–water partition coefficient (Wildman–Crippen LogP) is 0.313. The second-order valence-corrected chi connectivity index (χ2v) is 2.01. The van der Waals surface area contributed by atoms with E-state index in [1.807, 2.05) is 6.92 Å². The Morgan fingerprint density at radius 3 is 3.00 bits per heavy atom. The molecule has 0 saturated carbocycles. The summed E-state index contributed by atoms with van der Waals surface area (Å²) in [6.07, 6.45) is 1.37. The zero-order valence-corrected chi connectivity index (χ0v) is 5.35. The molecule has 0 spiro atoms. The molecule has 0 bridgehead atoms. The molecule has 0 aromatic heterocycles. The van der Waals surface area contributed by atoms with Gasteiger partial charge in [0.1, 0.15) is 0 Å². The highest BCUT2D eigenvalue weighted by Crippen LogP contribution is 2.23. The Labute approximate surface area is 49.0 Å². The molecule has 1 unspecified atom stereocenters. The van der Waals surface area contributed by atoms with E-state index in [9.17, 15) is 0 Å². The van der Waals surface area contributed by atoms with E-state index >= 15 is 0 Å². The van der Waals surface area contributed by atoms with Crippen molar-refractivity contribution in [2.75, 3.05) is 6.54 Å². The molecule has 0 fully saturated rings. The first kappa shape index (κ1) is 7.64. The molecule has 0 aliphatic heterocycles. The van der Waals surface area contributed by atoms with Crippen LogP contribution in [-0.2, 0) is 4.52 Å². The van der Waals surface area contributed by atoms with Crippen LogP contribution in [0.5, 0.6) is 0 Å². The summed E-state index contributed by atoms with van der Waals surface area (Å²) >= 11 is 0. The summed E-state index contributed by atoms with van der Waals surface area (Å²) in [5.41, 5.74) is 0. The van der Waals surface area contributed by atoms with E-state index in [2.05, 4.69) is 9.61 Å². The van der Waals surface area contributed by atoms with Gasteiger partial charge in [-0.2, -0.15) is 0 Å². The number of hydrogen-bond donors (Lipinski definition) is 2. The van der Waals surface area contributed by atoms with E-state index in [4.69, 9.17) is 10.2 Å². The summed E-state index contributed by atoms with van der Waals surface area (Å²) in [5.74, 6) is 0. The van der Waals surface area contributed by atoms with Crippen LogP contribution < -0.4 is 5.09 Å². The van der Waals surface area contributed by atoms with Crippen molar-refractivity contribution in [1.29, 1.82) is 5.26 Å². The SMILES string of the molecule is CCNP(O)OC#N. The lowest BCUT2D eigenvalue weighted by Crippen LogP contribution is -2.04. The maximum atomic E-state index is 8.56. The van der Waals surface area contributed by atoms with Crippen LogP contribution in [0.1, 0.15) is 6.92 Å². The summed E-state index contributed by atoms with van der Waals surface area (Å²) in [7, 11) is -1.69. The normalized spacial score (nSPS) is 12.1. The van der Waals surface area contributed by atoms with Gasteiger partial charge in [0, 0.05) is 6.54 Å². The summed E-state index contributed by atoms with van der Waals surface area (Å²) < 4.78 is 4.10. The standard InChI is InChI=1S/C3H7N2O2P/c1-2-5-8(6)7-3-4/h5-6H,2H2,1H3. The van der Waals surface area contributed by atoms with Crippen LogP contribution in [0, 0.1) is 11.5 Å². The Morgan fingerprint density at radius 1 is 2.00 bits per heavy atom. The summed E-state index contributed by atoms with van der Waals surface area (Å²) in [6.45, 7) is 2.41. The molecule has 4 nitrogen and oxygen atoms in total. The number of hydrogen-bond acceptors (Lipinski definition) is 4. The van der Waals surface area contributed by atoms with Crippen LogP contribution in [0.3, 0.4) is 0 Å². The van der Waals surface area contributed by atoms with Gasteiger partial charge in [-0.1, -0.05) is 6.92 Å². The molecule has 5 heteroatoms. The summed E-state index contributed by atoms with van der Waals surface area (Å²) in [5, 5.41) is 10.3. The van der Waals surface area contributed by atoms with Crippen LogP contribution in [0.15, 0.2) is 0 Å². The lowest BCUT2D eigenvalue weighted by atomic mass is 10.8. The van der Waals surface area contributed by atoms with E-state index in [0.717, 1.165) is 0 Å². The van der Waals surface area contributed by atoms with Crippen molar-refractivity contribution in [3.8, 4) is 6.26 Å². The highest BCUT2D eigenvalue weighted by Gasteiger charge is 1.99. The van der Waals surface area contributed by atoms with Gasteiger partial charge in [0.15, 0.2) is 0 Å².